The lowest BCUT2D eigenvalue weighted by molar-refractivity contribution is -0.119. The number of halogens is 1. The van der Waals surface area contributed by atoms with Gasteiger partial charge in [0.2, 0.25) is 17.8 Å². The number of hydrogen-bond acceptors (Lipinski definition) is 9. The molecule has 2 saturated heterocycles. The Morgan fingerprint density at radius 2 is 2.00 bits per heavy atom. The third kappa shape index (κ3) is 5.39. The monoisotopic (exact) mass is 475 g/mol. The first-order valence-electron chi connectivity index (χ1n) is 10.8. The van der Waals surface area contributed by atoms with Crippen molar-refractivity contribution in [2.24, 2.45) is 7.05 Å². The van der Waals surface area contributed by atoms with E-state index in [1.54, 1.807) is 19.2 Å². The minimum atomic E-state index is -0.577. The fourth-order valence-electron chi connectivity index (χ4n) is 3.87. The van der Waals surface area contributed by atoms with Gasteiger partial charge in [-0.25, -0.2) is 13.9 Å². The SMILES string of the molecule is CC(=O)NC[C@H]1CN(c2ccc(N3CCN(CC(=O)Nc4nnnn4C)CC3)c(F)c2)C(=O)O1. The highest BCUT2D eigenvalue weighted by Crippen LogP contribution is 2.28. The summed E-state index contributed by atoms with van der Waals surface area (Å²) in [5.74, 6) is -0.616. The quantitative estimate of drug-likeness (QED) is 0.546. The fraction of sp³-hybridized carbons (Fsp3) is 0.500. The van der Waals surface area contributed by atoms with Gasteiger partial charge in [0.1, 0.15) is 11.9 Å². The van der Waals surface area contributed by atoms with Crippen LogP contribution in [0.25, 0.3) is 0 Å². The number of aryl methyl sites for hydroxylation is 1. The molecule has 2 aromatic rings. The Morgan fingerprint density at radius 3 is 2.65 bits per heavy atom. The maximum absolute atomic E-state index is 14.9. The Morgan fingerprint density at radius 1 is 1.24 bits per heavy atom. The van der Waals surface area contributed by atoms with E-state index in [0.717, 1.165) is 0 Å². The summed E-state index contributed by atoms with van der Waals surface area (Å²) in [6.07, 6.45) is -1.07. The van der Waals surface area contributed by atoms with Crippen LogP contribution in [-0.2, 0) is 21.4 Å². The molecule has 13 nitrogen and oxygen atoms in total. The average Bonchev–Trinajstić information content (AvgIpc) is 3.37. The van der Waals surface area contributed by atoms with Gasteiger partial charge in [0, 0.05) is 40.2 Å². The predicted molar refractivity (Wildman–Crippen MR) is 119 cm³/mol. The van der Waals surface area contributed by atoms with Crippen molar-refractivity contribution in [2.75, 3.05) is 60.9 Å². The molecule has 0 radical (unpaired) electrons. The van der Waals surface area contributed by atoms with Crippen molar-refractivity contribution in [3.8, 4) is 0 Å². The van der Waals surface area contributed by atoms with Crippen molar-refractivity contribution in [1.29, 1.82) is 0 Å². The van der Waals surface area contributed by atoms with Crippen LogP contribution in [0.15, 0.2) is 18.2 Å². The molecule has 1 aromatic heterocycles. The lowest BCUT2D eigenvalue weighted by Crippen LogP contribution is -2.49. The van der Waals surface area contributed by atoms with E-state index in [4.69, 9.17) is 4.74 Å². The largest absolute Gasteiger partial charge is 0.442 e. The minimum absolute atomic E-state index is 0.179. The number of ether oxygens (including phenoxy) is 1. The van der Waals surface area contributed by atoms with Crippen molar-refractivity contribution >= 4 is 35.2 Å². The molecule has 0 spiro atoms. The molecule has 0 saturated carbocycles. The number of carbonyl (C=O) groups is 3. The fourth-order valence-corrected chi connectivity index (χ4v) is 3.87. The van der Waals surface area contributed by atoms with Crippen LogP contribution in [0, 0.1) is 5.82 Å². The molecule has 34 heavy (non-hydrogen) atoms. The van der Waals surface area contributed by atoms with E-state index in [0.29, 0.717) is 37.6 Å². The summed E-state index contributed by atoms with van der Waals surface area (Å²) in [5.41, 5.74) is 0.825. The maximum Gasteiger partial charge on any atom is 0.414 e. The number of carbonyl (C=O) groups excluding carboxylic acids is 3. The minimum Gasteiger partial charge on any atom is -0.442 e. The zero-order valence-corrected chi connectivity index (χ0v) is 18.9. The summed E-state index contributed by atoms with van der Waals surface area (Å²) >= 11 is 0. The van der Waals surface area contributed by atoms with E-state index in [9.17, 15) is 18.8 Å². The lowest BCUT2D eigenvalue weighted by atomic mass is 10.2. The van der Waals surface area contributed by atoms with E-state index in [1.807, 2.05) is 9.80 Å². The van der Waals surface area contributed by atoms with Crippen LogP contribution < -0.4 is 20.4 Å². The molecule has 2 aliphatic rings. The van der Waals surface area contributed by atoms with E-state index < -0.39 is 18.0 Å². The van der Waals surface area contributed by atoms with Gasteiger partial charge in [0.15, 0.2) is 0 Å². The molecule has 1 aromatic carbocycles. The molecule has 182 valence electrons. The second kappa shape index (κ2) is 9.99. The third-order valence-corrected chi connectivity index (χ3v) is 5.65. The molecular formula is C20H26FN9O4. The molecule has 14 heteroatoms. The van der Waals surface area contributed by atoms with Gasteiger partial charge in [-0.15, -0.1) is 0 Å². The molecule has 0 unspecified atom stereocenters. The zero-order valence-electron chi connectivity index (χ0n) is 18.9. The average molecular weight is 475 g/mol. The molecular weight excluding hydrogens is 449 g/mol. The van der Waals surface area contributed by atoms with Crippen LogP contribution >= 0.6 is 0 Å². The van der Waals surface area contributed by atoms with E-state index in [-0.39, 0.29) is 37.4 Å². The predicted octanol–water partition coefficient (Wildman–Crippen LogP) is -0.429. The first kappa shape index (κ1) is 23.4. The first-order valence-corrected chi connectivity index (χ1v) is 10.8. The number of hydrogen-bond donors (Lipinski definition) is 2. The highest BCUT2D eigenvalue weighted by atomic mass is 19.1. The summed E-state index contributed by atoms with van der Waals surface area (Å²) in [7, 11) is 1.63. The highest BCUT2D eigenvalue weighted by molar-refractivity contribution is 5.91. The summed E-state index contributed by atoms with van der Waals surface area (Å²) in [5, 5.41) is 16.1. The van der Waals surface area contributed by atoms with Crippen molar-refractivity contribution < 1.29 is 23.5 Å². The van der Waals surface area contributed by atoms with Crippen LogP contribution in [0.4, 0.5) is 26.5 Å². The van der Waals surface area contributed by atoms with Gasteiger partial charge in [0.05, 0.1) is 31.0 Å². The summed E-state index contributed by atoms with van der Waals surface area (Å²) in [4.78, 5) is 40.7. The topological polar surface area (TPSA) is 138 Å². The number of anilines is 3. The van der Waals surface area contributed by atoms with Gasteiger partial charge >= 0.3 is 6.09 Å². The number of nitrogens with one attached hydrogen (secondary N) is 2. The Bertz CT molecular complexity index is 1070. The van der Waals surface area contributed by atoms with Gasteiger partial charge in [-0.3, -0.25) is 24.7 Å². The first-order chi connectivity index (χ1) is 16.3. The Kier molecular flexibility index (Phi) is 6.86. The van der Waals surface area contributed by atoms with E-state index >= 15 is 0 Å². The van der Waals surface area contributed by atoms with Crippen LogP contribution in [0.1, 0.15) is 6.92 Å². The van der Waals surface area contributed by atoms with Crippen LogP contribution in [0.3, 0.4) is 0 Å². The molecule has 3 heterocycles. The van der Waals surface area contributed by atoms with Crippen molar-refractivity contribution in [1.82, 2.24) is 30.4 Å². The van der Waals surface area contributed by atoms with Gasteiger partial charge in [-0.1, -0.05) is 5.10 Å². The van der Waals surface area contributed by atoms with Gasteiger partial charge in [0.25, 0.3) is 0 Å². The van der Waals surface area contributed by atoms with E-state index in [1.165, 1.54) is 22.6 Å². The van der Waals surface area contributed by atoms with Crippen molar-refractivity contribution in [2.45, 2.75) is 13.0 Å². The Labute approximate surface area is 194 Å². The molecule has 0 aliphatic carbocycles. The molecule has 2 N–H and O–H groups in total. The third-order valence-electron chi connectivity index (χ3n) is 5.65. The number of rotatable bonds is 7. The van der Waals surface area contributed by atoms with E-state index in [2.05, 4.69) is 26.2 Å². The molecule has 2 fully saturated rings. The highest BCUT2D eigenvalue weighted by Gasteiger charge is 2.33. The number of nitrogens with zero attached hydrogens (tertiary/aromatic N) is 7. The normalized spacial score (nSPS) is 18.7. The number of cyclic esters (lactones) is 1. The standard InChI is InChI=1S/C20H26FN9O4/c1-13(31)22-10-15-11-30(20(33)34-15)14-3-4-17(16(21)9-14)29-7-5-28(6-8-29)12-18(32)23-19-24-25-26-27(19)2/h3-4,9,15H,5-8,10-12H2,1-2H3,(H,22,31)(H,23,24,26,32)/t15-/m0/s1. The number of benzene rings is 1. The van der Waals surface area contributed by atoms with Gasteiger partial charge in [-0.05, 0) is 28.6 Å². The lowest BCUT2D eigenvalue weighted by Gasteiger charge is -2.36. The molecule has 4 rings (SSSR count). The second-order valence-corrected chi connectivity index (χ2v) is 8.13. The number of aromatic nitrogens is 4. The number of piperazine rings is 1. The van der Waals surface area contributed by atoms with Gasteiger partial charge in [-0.2, -0.15) is 0 Å². The molecule has 0 bridgehead atoms. The summed E-state index contributed by atoms with van der Waals surface area (Å²) < 4.78 is 21.6. The Hall–Kier alpha value is -3.81. The van der Waals surface area contributed by atoms with Crippen molar-refractivity contribution in [3.05, 3.63) is 24.0 Å². The smallest absolute Gasteiger partial charge is 0.414 e. The maximum atomic E-state index is 14.9. The zero-order chi connectivity index (χ0) is 24.2. The van der Waals surface area contributed by atoms with Gasteiger partial charge < -0.3 is 15.0 Å². The van der Waals surface area contributed by atoms with Crippen LogP contribution in [-0.4, -0.2) is 94.9 Å². The Balaban J connectivity index is 1.30. The number of amides is 3. The molecule has 1 atom stereocenters. The number of tetrazole rings is 1. The molecule has 3 amide bonds. The van der Waals surface area contributed by atoms with Crippen LogP contribution in [0.5, 0.6) is 0 Å². The summed E-state index contributed by atoms with van der Waals surface area (Å²) in [6, 6.07) is 4.63. The van der Waals surface area contributed by atoms with Crippen molar-refractivity contribution in [3.63, 3.8) is 0 Å². The van der Waals surface area contributed by atoms with Crippen LogP contribution in [0.2, 0.25) is 0 Å². The summed E-state index contributed by atoms with van der Waals surface area (Å²) in [6.45, 7) is 4.23. The second-order valence-electron chi connectivity index (χ2n) is 8.13. The molecule has 2 aliphatic heterocycles.